The van der Waals surface area contributed by atoms with Gasteiger partial charge in [0.25, 0.3) is 5.91 Å². The van der Waals surface area contributed by atoms with E-state index in [1.54, 1.807) is 6.21 Å². The summed E-state index contributed by atoms with van der Waals surface area (Å²) in [5.41, 5.74) is 5.33. The molecule has 154 valence electrons. The number of nitrogens with zero attached hydrogens (tertiary/aromatic N) is 4. The van der Waals surface area contributed by atoms with Crippen molar-refractivity contribution >= 4 is 39.8 Å². The Kier molecular flexibility index (Phi) is 6.91. The number of carbonyl (C=O) groups is 1. The highest BCUT2D eigenvalue weighted by atomic mass is 79.9. The van der Waals surface area contributed by atoms with Gasteiger partial charge in [0.15, 0.2) is 11.0 Å². The van der Waals surface area contributed by atoms with E-state index >= 15 is 0 Å². The smallest absolute Gasteiger partial charge is 0.250 e. The van der Waals surface area contributed by atoms with Crippen molar-refractivity contribution in [3.8, 4) is 17.1 Å². The average Bonchev–Trinajstić information content (AvgIpc) is 3.23. The number of aromatic nitrogens is 3. The molecular formula is C23H18BrN5OS. The van der Waals surface area contributed by atoms with Crippen LogP contribution >= 0.6 is 27.7 Å². The summed E-state index contributed by atoms with van der Waals surface area (Å²) in [7, 11) is 0. The third kappa shape index (κ3) is 5.48. The van der Waals surface area contributed by atoms with Crippen LogP contribution in [0.1, 0.15) is 5.56 Å². The van der Waals surface area contributed by atoms with Crippen LogP contribution in [0.2, 0.25) is 0 Å². The lowest BCUT2D eigenvalue weighted by atomic mass is 10.2. The molecule has 1 heterocycles. The van der Waals surface area contributed by atoms with Crippen molar-refractivity contribution in [2.45, 2.75) is 5.16 Å². The maximum Gasteiger partial charge on any atom is 0.250 e. The van der Waals surface area contributed by atoms with Gasteiger partial charge in [0.05, 0.1) is 12.0 Å². The summed E-state index contributed by atoms with van der Waals surface area (Å²) in [6, 6.07) is 27.3. The first-order valence-electron chi connectivity index (χ1n) is 9.47. The predicted molar refractivity (Wildman–Crippen MR) is 127 cm³/mol. The van der Waals surface area contributed by atoms with Gasteiger partial charge in [0, 0.05) is 15.7 Å². The third-order valence-electron chi connectivity index (χ3n) is 4.28. The minimum Gasteiger partial charge on any atom is -0.272 e. The second-order valence-electron chi connectivity index (χ2n) is 6.48. The van der Waals surface area contributed by atoms with Crippen molar-refractivity contribution in [1.29, 1.82) is 0 Å². The average molecular weight is 492 g/mol. The van der Waals surface area contributed by atoms with Gasteiger partial charge in [-0.05, 0) is 29.8 Å². The maximum atomic E-state index is 12.3. The lowest BCUT2D eigenvalue weighted by Gasteiger charge is -2.10. The normalized spacial score (nSPS) is 11.0. The summed E-state index contributed by atoms with van der Waals surface area (Å²) in [6.45, 7) is 0. The Labute approximate surface area is 192 Å². The molecule has 0 bridgehead atoms. The van der Waals surface area contributed by atoms with Gasteiger partial charge in [-0.2, -0.15) is 5.10 Å². The van der Waals surface area contributed by atoms with E-state index in [0.717, 1.165) is 21.3 Å². The van der Waals surface area contributed by atoms with Crippen LogP contribution in [0.15, 0.2) is 99.7 Å². The number of thioether (sulfide) groups is 1. The molecule has 0 radical (unpaired) electrons. The molecule has 0 saturated heterocycles. The molecule has 4 aromatic rings. The lowest BCUT2D eigenvalue weighted by Crippen LogP contribution is -2.20. The summed E-state index contributed by atoms with van der Waals surface area (Å²) in [5, 5.41) is 13.4. The van der Waals surface area contributed by atoms with E-state index in [1.165, 1.54) is 11.8 Å². The van der Waals surface area contributed by atoms with Gasteiger partial charge in [-0.25, -0.2) is 5.43 Å². The zero-order valence-electron chi connectivity index (χ0n) is 16.4. The zero-order chi connectivity index (χ0) is 21.5. The highest BCUT2D eigenvalue weighted by Crippen LogP contribution is 2.28. The Hall–Kier alpha value is -3.23. The molecule has 1 aromatic heterocycles. The molecule has 0 aliphatic heterocycles. The van der Waals surface area contributed by atoms with Crippen molar-refractivity contribution in [1.82, 2.24) is 20.2 Å². The topological polar surface area (TPSA) is 72.2 Å². The fourth-order valence-corrected chi connectivity index (χ4v) is 3.85. The summed E-state index contributed by atoms with van der Waals surface area (Å²) in [5.74, 6) is 0.659. The molecule has 0 unspecified atom stereocenters. The monoisotopic (exact) mass is 491 g/mol. The van der Waals surface area contributed by atoms with Crippen LogP contribution in [-0.4, -0.2) is 32.6 Å². The van der Waals surface area contributed by atoms with Gasteiger partial charge in [-0.15, -0.1) is 10.2 Å². The minimum atomic E-state index is -0.219. The zero-order valence-corrected chi connectivity index (χ0v) is 18.8. The SMILES string of the molecule is O=C(CSc1nnc(-c2ccccc2)n1-c1ccc(Br)cc1)N/N=C/c1ccccc1. The molecule has 8 heteroatoms. The quantitative estimate of drug-likeness (QED) is 0.225. The number of benzene rings is 3. The Balaban J connectivity index is 1.51. The number of hydrazone groups is 1. The molecule has 0 saturated carbocycles. The number of halogens is 1. The van der Waals surface area contributed by atoms with Crippen LogP contribution in [0.5, 0.6) is 0 Å². The van der Waals surface area contributed by atoms with Crippen molar-refractivity contribution < 1.29 is 4.79 Å². The van der Waals surface area contributed by atoms with E-state index in [9.17, 15) is 4.79 Å². The van der Waals surface area contributed by atoms with Gasteiger partial charge in [0.1, 0.15) is 0 Å². The van der Waals surface area contributed by atoms with E-state index in [2.05, 4.69) is 36.7 Å². The molecule has 31 heavy (non-hydrogen) atoms. The van der Waals surface area contributed by atoms with Crippen LogP contribution in [0.3, 0.4) is 0 Å². The predicted octanol–water partition coefficient (Wildman–Crippen LogP) is 4.94. The number of nitrogens with one attached hydrogen (secondary N) is 1. The summed E-state index contributed by atoms with van der Waals surface area (Å²) < 4.78 is 2.93. The number of hydrogen-bond acceptors (Lipinski definition) is 5. The molecule has 6 nitrogen and oxygen atoms in total. The van der Waals surface area contributed by atoms with Crippen LogP contribution in [0, 0.1) is 0 Å². The number of amides is 1. The first-order valence-corrected chi connectivity index (χ1v) is 11.2. The Morgan fingerprint density at radius 3 is 2.35 bits per heavy atom. The van der Waals surface area contributed by atoms with Crippen LogP contribution in [-0.2, 0) is 4.79 Å². The van der Waals surface area contributed by atoms with Crippen molar-refractivity contribution in [3.63, 3.8) is 0 Å². The molecule has 1 N–H and O–H groups in total. The van der Waals surface area contributed by atoms with Crippen molar-refractivity contribution in [3.05, 3.63) is 95.0 Å². The largest absolute Gasteiger partial charge is 0.272 e. The fraction of sp³-hybridized carbons (Fsp3) is 0.0435. The molecule has 3 aromatic carbocycles. The Morgan fingerprint density at radius 2 is 1.65 bits per heavy atom. The first-order chi connectivity index (χ1) is 15.2. The molecule has 0 aliphatic carbocycles. The van der Waals surface area contributed by atoms with E-state index in [4.69, 9.17) is 0 Å². The van der Waals surface area contributed by atoms with Gasteiger partial charge in [-0.1, -0.05) is 88.4 Å². The third-order valence-corrected chi connectivity index (χ3v) is 5.74. The molecule has 0 spiro atoms. The lowest BCUT2D eigenvalue weighted by molar-refractivity contribution is -0.118. The van der Waals surface area contributed by atoms with Crippen molar-refractivity contribution in [2.75, 3.05) is 5.75 Å². The number of rotatable bonds is 7. The Morgan fingerprint density at radius 1 is 0.968 bits per heavy atom. The van der Waals surface area contributed by atoms with Crippen LogP contribution < -0.4 is 5.43 Å². The van der Waals surface area contributed by atoms with E-state index < -0.39 is 0 Å². The molecule has 4 rings (SSSR count). The summed E-state index contributed by atoms with van der Waals surface area (Å²) >= 11 is 4.78. The molecular weight excluding hydrogens is 474 g/mol. The first kappa shape index (κ1) is 21.0. The highest BCUT2D eigenvalue weighted by Gasteiger charge is 2.17. The molecule has 1 amide bonds. The van der Waals surface area contributed by atoms with Gasteiger partial charge in [-0.3, -0.25) is 9.36 Å². The molecule has 0 aliphatic rings. The minimum absolute atomic E-state index is 0.162. The highest BCUT2D eigenvalue weighted by molar-refractivity contribution is 9.10. The van der Waals surface area contributed by atoms with Crippen molar-refractivity contribution in [2.24, 2.45) is 5.10 Å². The number of carbonyl (C=O) groups excluding carboxylic acids is 1. The second kappa shape index (κ2) is 10.2. The fourth-order valence-electron chi connectivity index (χ4n) is 2.84. The molecule has 0 fully saturated rings. The Bertz CT molecular complexity index is 1180. The van der Waals surface area contributed by atoms with E-state index in [1.807, 2.05) is 89.5 Å². The van der Waals surface area contributed by atoms with E-state index in [0.29, 0.717) is 11.0 Å². The molecule has 0 atom stereocenters. The number of hydrogen-bond donors (Lipinski definition) is 1. The van der Waals surface area contributed by atoms with Gasteiger partial charge >= 0.3 is 0 Å². The second-order valence-corrected chi connectivity index (χ2v) is 8.33. The van der Waals surface area contributed by atoms with Crippen LogP contribution in [0.4, 0.5) is 0 Å². The summed E-state index contributed by atoms with van der Waals surface area (Å²) in [4.78, 5) is 12.3. The van der Waals surface area contributed by atoms with E-state index in [-0.39, 0.29) is 11.7 Å². The van der Waals surface area contributed by atoms with Gasteiger partial charge < -0.3 is 0 Å². The standard InChI is InChI=1S/C23H18BrN5OS/c24-19-11-13-20(14-12-19)29-22(18-9-5-2-6-10-18)27-28-23(29)31-16-21(30)26-25-15-17-7-3-1-4-8-17/h1-15H,16H2,(H,26,30)/b25-15+. The summed E-state index contributed by atoms with van der Waals surface area (Å²) in [6.07, 6.45) is 1.61. The van der Waals surface area contributed by atoms with Crippen LogP contribution in [0.25, 0.3) is 17.1 Å². The van der Waals surface area contributed by atoms with Gasteiger partial charge in [0.2, 0.25) is 0 Å². The maximum absolute atomic E-state index is 12.3.